The second-order valence-electron chi connectivity index (χ2n) is 6.90. The number of anilines is 1. The van der Waals surface area contributed by atoms with Crippen LogP contribution >= 0.6 is 35.3 Å². The predicted molar refractivity (Wildman–Crippen MR) is 135 cm³/mol. The number of piperazine rings is 1. The van der Waals surface area contributed by atoms with Crippen LogP contribution in [0.5, 0.6) is 0 Å². The Morgan fingerprint density at radius 2 is 1.93 bits per heavy atom. The zero-order chi connectivity index (χ0) is 19.2. The predicted octanol–water partition coefficient (Wildman–Crippen LogP) is 4.24. The van der Waals surface area contributed by atoms with Gasteiger partial charge in [0.05, 0.1) is 10.5 Å². The summed E-state index contributed by atoms with van der Waals surface area (Å²) >= 11 is 1.82. The van der Waals surface area contributed by atoms with E-state index < -0.39 is 0 Å². The van der Waals surface area contributed by atoms with E-state index in [4.69, 9.17) is 4.99 Å². The fraction of sp³-hybridized carbons (Fsp3) is 0.364. The van der Waals surface area contributed by atoms with Gasteiger partial charge >= 0.3 is 0 Å². The number of fused-ring (bicyclic) bond motifs is 1. The monoisotopic (exact) mass is 521 g/mol. The van der Waals surface area contributed by atoms with Crippen LogP contribution in [-0.4, -0.2) is 55.1 Å². The summed E-state index contributed by atoms with van der Waals surface area (Å²) in [5.74, 6) is 1.03. The van der Waals surface area contributed by atoms with Crippen LogP contribution in [0.1, 0.15) is 12.5 Å². The summed E-state index contributed by atoms with van der Waals surface area (Å²) in [7, 11) is 0. The maximum atomic E-state index is 4.91. The third kappa shape index (κ3) is 5.39. The number of hydrogen-bond donors (Lipinski definition) is 1. The zero-order valence-corrected chi connectivity index (χ0v) is 19.9. The van der Waals surface area contributed by atoms with Crippen molar-refractivity contribution in [1.29, 1.82) is 0 Å². The molecule has 1 N–H and O–H groups in total. The Hall–Kier alpha value is -1.87. The summed E-state index contributed by atoms with van der Waals surface area (Å²) in [6.45, 7) is 7.87. The topological polar surface area (TPSA) is 43.8 Å². The van der Waals surface area contributed by atoms with Gasteiger partial charge in [-0.05, 0) is 42.5 Å². The van der Waals surface area contributed by atoms with Crippen molar-refractivity contribution in [2.24, 2.45) is 4.99 Å². The first kappa shape index (κ1) is 21.8. The summed E-state index contributed by atoms with van der Waals surface area (Å²) in [5.41, 5.74) is 2.36. The highest BCUT2D eigenvalue weighted by Crippen LogP contribution is 2.22. The van der Waals surface area contributed by atoms with Gasteiger partial charge in [-0.15, -0.1) is 35.3 Å². The molecule has 29 heavy (non-hydrogen) atoms. The molecule has 1 aliphatic heterocycles. The quantitative estimate of drug-likeness (QED) is 0.310. The van der Waals surface area contributed by atoms with Crippen LogP contribution < -0.4 is 10.2 Å². The normalized spacial score (nSPS) is 14.7. The van der Waals surface area contributed by atoms with Gasteiger partial charge in [0.1, 0.15) is 0 Å². The Morgan fingerprint density at radius 3 is 2.69 bits per heavy atom. The molecule has 0 unspecified atom stereocenters. The maximum absolute atomic E-state index is 4.91. The summed E-state index contributed by atoms with van der Waals surface area (Å²) in [4.78, 5) is 14.3. The number of pyridine rings is 1. The van der Waals surface area contributed by atoms with E-state index in [1.807, 2.05) is 23.6 Å². The molecule has 4 rings (SSSR count). The van der Waals surface area contributed by atoms with Crippen LogP contribution in [0.15, 0.2) is 59.0 Å². The van der Waals surface area contributed by atoms with E-state index >= 15 is 0 Å². The van der Waals surface area contributed by atoms with Crippen molar-refractivity contribution >= 4 is 57.2 Å². The molecule has 0 saturated carbocycles. The SMILES string of the molecule is CCNC(=NCCc1cccc2cccnc12)N1CCN(c2cccs2)CC1.I. The molecular weight excluding hydrogens is 493 g/mol. The highest BCUT2D eigenvalue weighted by Gasteiger charge is 2.20. The van der Waals surface area contributed by atoms with Crippen molar-refractivity contribution in [3.05, 3.63) is 59.6 Å². The minimum atomic E-state index is 0. The van der Waals surface area contributed by atoms with Crippen molar-refractivity contribution in [2.75, 3.05) is 44.2 Å². The van der Waals surface area contributed by atoms with Gasteiger partial charge in [0.2, 0.25) is 0 Å². The lowest BCUT2D eigenvalue weighted by atomic mass is 10.1. The number of benzene rings is 1. The van der Waals surface area contributed by atoms with Gasteiger partial charge in [0.15, 0.2) is 5.96 Å². The molecule has 1 aromatic carbocycles. The molecular formula is C22H28IN5S. The maximum Gasteiger partial charge on any atom is 0.194 e. The molecule has 0 aliphatic carbocycles. The number of hydrogen-bond acceptors (Lipinski definition) is 4. The first-order valence-electron chi connectivity index (χ1n) is 9.99. The molecule has 7 heteroatoms. The number of para-hydroxylation sites is 1. The third-order valence-corrected chi connectivity index (χ3v) is 6.02. The fourth-order valence-corrected chi connectivity index (χ4v) is 4.45. The second-order valence-corrected chi connectivity index (χ2v) is 7.83. The number of guanidine groups is 1. The highest BCUT2D eigenvalue weighted by molar-refractivity contribution is 14.0. The average molecular weight is 521 g/mol. The lowest BCUT2D eigenvalue weighted by molar-refractivity contribution is 0.373. The van der Waals surface area contributed by atoms with Gasteiger partial charge in [-0.2, -0.15) is 0 Å². The Kier molecular flexibility index (Phi) is 8.11. The van der Waals surface area contributed by atoms with Crippen molar-refractivity contribution < 1.29 is 0 Å². The largest absolute Gasteiger partial charge is 0.360 e. The summed E-state index contributed by atoms with van der Waals surface area (Å²) in [6.07, 6.45) is 2.77. The molecule has 0 amide bonds. The molecule has 0 radical (unpaired) electrons. The number of thiophene rings is 1. The summed E-state index contributed by atoms with van der Waals surface area (Å²) in [6, 6.07) is 14.8. The smallest absolute Gasteiger partial charge is 0.194 e. The van der Waals surface area contributed by atoms with Crippen LogP contribution in [0.2, 0.25) is 0 Å². The molecule has 2 aromatic heterocycles. The van der Waals surface area contributed by atoms with Gasteiger partial charge < -0.3 is 15.1 Å². The van der Waals surface area contributed by atoms with Crippen LogP contribution in [0.3, 0.4) is 0 Å². The number of nitrogens with one attached hydrogen (secondary N) is 1. The number of nitrogens with zero attached hydrogens (tertiary/aromatic N) is 4. The van der Waals surface area contributed by atoms with Crippen LogP contribution in [0.4, 0.5) is 5.00 Å². The first-order valence-corrected chi connectivity index (χ1v) is 10.9. The molecule has 3 heterocycles. The van der Waals surface area contributed by atoms with Gasteiger partial charge in [0.25, 0.3) is 0 Å². The van der Waals surface area contributed by atoms with Crippen LogP contribution in [0.25, 0.3) is 10.9 Å². The standard InChI is InChI=1S/C22H27N5S.HI/c1-2-23-22(27-15-13-26(14-16-27)20-9-5-17-28-20)25-12-10-19-7-3-6-18-8-4-11-24-21(18)19;/h3-9,11,17H,2,10,12-16H2,1H3,(H,23,25);1H. The zero-order valence-electron chi connectivity index (χ0n) is 16.8. The third-order valence-electron chi connectivity index (χ3n) is 5.09. The van der Waals surface area contributed by atoms with E-state index in [1.165, 1.54) is 16.0 Å². The molecule has 1 saturated heterocycles. The molecule has 3 aromatic rings. The minimum absolute atomic E-state index is 0. The Balaban J connectivity index is 0.00000240. The first-order chi connectivity index (χ1) is 13.8. The molecule has 5 nitrogen and oxygen atoms in total. The van der Waals surface area contributed by atoms with Crippen LogP contribution in [0, 0.1) is 0 Å². The lowest BCUT2D eigenvalue weighted by Gasteiger charge is -2.37. The Bertz CT molecular complexity index is 915. The van der Waals surface area contributed by atoms with Gasteiger partial charge in [-0.3, -0.25) is 9.98 Å². The summed E-state index contributed by atoms with van der Waals surface area (Å²) < 4.78 is 0. The van der Waals surface area contributed by atoms with E-state index in [1.54, 1.807) is 0 Å². The van der Waals surface area contributed by atoms with E-state index in [9.17, 15) is 0 Å². The van der Waals surface area contributed by atoms with Crippen LogP contribution in [-0.2, 0) is 6.42 Å². The van der Waals surface area contributed by atoms with Gasteiger partial charge in [0, 0.05) is 50.9 Å². The van der Waals surface area contributed by atoms with Crippen molar-refractivity contribution in [3.63, 3.8) is 0 Å². The Morgan fingerprint density at radius 1 is 1.10 bits per heavy atom. The Labute approximate surface area is 193 Å². The number of halogens is 1. The second kappa shape index (κ2) is 10.8. The molecule has 0 atom stereocenters. The number of rotatable bonds is 5. The highest BCUT2D eigenvalue weighted by atomic mass is 127. The molecule has 0 spiro atoms. The molecule has 0 bridgehead atoms. The van der Waals surface area contributed by atoms with E-state index in [0.29, 0.717) is 0 Å². The number of aliphatic imine (C=N–C) groups is 1. The van der Waals surface area contributed by atoms with Crippen molar-refractivity contribution in [2.45, 2.75) is 13.3 Å². The van der Waals surface area contributed by atoms with E-state index in [2.05, 4.69) is 68.8 Å². The van der Waals surface area contributed by atoms with E-state index in [-0.39, 0.29) is 24.0 Å². The molecule has 1 aliphatic rings. The van der Waals surface area contributed by atoms with Gasteiger partial charge in [-0.25, -0.2) is 0 Å². The average Bonchev–Trinajstić information content (AvgIpc) is 3.28. The lowest BCUT2D eigenvalue weighted by Crippen LogP contribution is -2.52. The minimum Gasteiger partial charge on any atom is -0.360 e. The van der Waals surface area contributed by atoms with Gasteiger partial charge in [-0.1, -0.05) is 24.3 Å². The molecule has 154 valence electrons. The van der Waals surface area contributed by atoms with Crippen molar-refractivity contribution in [3.8, 4) is 0 Å². The number of aromatic nitrogens is 1. The fourth-order valence-electron chi connectivity index (χ4n) is 3.67. The molecule has 1 fully saturated rings. The van der Waals surface area contributed by atoms with Crippen molar-refractivity contribution in [1.82, 2.24) is 15.2 Å². The van der Waals surface area contributed by atoms with E-state index in [0.717, 1.165) is 57.2 Å². The summed E-state index contributed by atoms with van der Waals surface area (Å²) in [5, 5.41) is 8.18.